The third kappa shape index (κ3) is 3.49. The summed E-state index contributed by atoms with van der Waals surface area (Å²) in [5, 5.41) is 19.8. The van der Waals surface area contributed by atoms with Crippen molar-refractivity contribution in [3.63, 3.8) is 0 Å². The summed E-state index contributed by atoms with van der Waals surface area (Å²) in [6, 6.07) is 7.16. The Hall–Kier alpha value is -3.23. The Bertz CT molecular complexity index is 880. The van der Waals surface area contributed by atoms with Gasteiger partial charge in [-0.15, -0.1) is 0 Å². The van der Waals surface area contributed by atoms with Crippen LogP contribution in [0.15, 0.2) is 30.5 Å². The zero-order valence-corrected chi connectivity index (χ0v) is 13.8. The Morgan fingerprint density at radius 3 is 2.80 bits per heavy atom. The average Bonchev–Trinajstić information content (AvgIpc) is 3.20. The number of para-hydroxylation sites is 2. The van der Waals surface area contributed by atoms with Crippen molar-refractivity contribution < 1.29 is 9.72 Å². The van der Waals surface area contributed by atoms with Crippen LogP contribution in [0.25, 0.3) is 11.0 Å². The number of hydrogen-bond acceptors (Lipinski definition) is 5. The van der Waals surface area contributed by atoms with Crippen molar-refractivity contribution in [3.05, 3.63) is 52.1 Å². The van der Waals surface area contributed by atoms with Crippen LogP contribution in [0.4, 0.5) is 5.69 Å². The molecule has 0 aliphatic rings. The van der Waals surface area contributed by atoms with E-state index in [0.29, 0.717) is 12.2 Å². The van der Waals surface area contributed by atoms with E-state index in [1.54, 1.807) is 0 Å². The number of H-pyrrole nitrogens is 2. The fraction of sp³-hybridized carbons (Fsp3) is 0.312. The molecule has 0 spiro atoms. The average molecular weight is 342 g/mol. The lowest BCUT2D eigenvalue weighted by atomic mass is 10.0. The number of amides is 1. The molecule has 2 aromatic heterocycles. The molecule has 0 aliphatic carbocycles. The number of rotatable bonds is 6. The quantitative estimate of drug-likeness (QED) is 0.468. The lowest BCUT2D eigenvalue weighted by Gasteiger charge is -2.18. The minimum atomic E-state index is -0.642. The van der Waals surface area contributed by atoms with Crippen LogP contribution in [-0.2, 0) is 0 Å². The van der Waals surface area contributed by atoms with Crippen LogP contribution < -0.4 is 5.32 Å². The third-order valence-electron chi connectivity index (χ3n) is 3.79. The van der Waals surface area contributed by atoms with Crippen LogP contribution in [0.3, 0.4) is 0 Å². The summed E-state index contributed by atoms with van der Waals surface area (Å²) < 4.78 is 0. The third-order valence-corrected chi connectivity index (χ3v) is 3.79. The van der Waals surface area contributed by atoms with Crippen molar-refractivity contribution in [2.24, 2.45) is 5.92 Å². The van der Waals surface area contributed by atoms with Crippen molar-refractivity contribution >= 4 is 22.6 Å². The highest BCUT2D eigenvalue weighted by molar-refractivity contribution is 5.96. The normalized spacial score (nSPS) is 12.4. The van der Waals surface area contributed by atoms with E-state index in [2.05, 4.69) is 25.5 Å². The lowest BCUT2D eigenvalue weighted by Crippen LogP contribution is -2.31. The van der Waals surface area contributed by atoms with E-state index < -0.39 is 16.9 Å². The molecule has 0 fully saturated rings. The van der Waals surface area contributed by atoms with E-state index >= 15 is 0 Å². The Kier molecular flexibility index (Phi) is 4.46. The van der Waals surface area contributed by atoms with Gasteiger partial charge in [0.1, 0.15) is 12.0 Å². The van der Waals surface area contributed by atoms with Gasteiger partial charge in [-0.1, -0.05) is 26.0 Å². The first-order chi connectivity index (χ1) is 12.0. The predicted octanol–water partition coefficient (Wildman–Crippen LogP) is 2.71. The van der Waals surface area contributed by atoms with Gasteiger partial charge >= 0.3 is 5.69 Å². The summed E-state index contributed by atoms with van der Waals surface area (Å²) in [4.78, 5) is 30.6. The number of nitrogens with one attached hydrogen (secondary N) is 3. The maximum absolute atomic E-state index is 12.5. The number of hydrogen-bond donors (Lipinski definition) is 3. The molecule has 1 aromatic carbocycles. The molecular formula is C16H18N6O3. The number of nitro groups is 1. The minimum absolute atomic E-state index is 0.171. The first-order valence-corrected chi connectivity index (χ1v) is 7.89. The summed E-state index contributed by atoms with van der Waals surface area (Å²) in [6.07, 6.45) is 1.65. The molecule has 3 rings (SSSR count). The van der Waals surface area contributed by atoms with Crippen molar-refractivity contribution in [3.8, 4) is 0 Å². The van der Waals surface area contributed by atoms with E-state index in [0.717, 1.165) is 17.2 Å². The van der Waals surface area contributed by atoms with Crippen molar-refractivity contribution in [2.75, 3.05) is 0 Å². The monoisotopic (exact) mass is 342 g/mol. The van der Waals surface area contributed by atoms with Crippen molar-refractivity contribution in [2.45, 2.75) is 26.3 Å². The number of aromatic nitrogens is 4. The molecule has 1 amide bonds. The summed E-state index contributed by atoms with van der Waals surface area (Å²) in [7, 11) is 0. The van der Waals surface area contributed by atoms with Gasteiger partial charge in [0.2, 0.25) is 5.69 Å². The minimum Gasteiger partial charge on any atom is -0.341 e. The summed E-state index contributed by atoms with van der Waals surface area (Å²) >= 11 is 0. The Labute approximate surface area is 143 Å². The van der Waals surface area contributed by atoms with Gasteiger partial charge in [-0.05, 0) is 24.5 Å². The second-order valence-corrected chi connectivity index (χ2v) is 6.18. The highest BCUT2D eigenvalue weighted by Gasteiger charge is 2.26. The fourth-order valence-electron chi connectivity index (χ4n) is 2.66. The number of fused-ring (bicyclic) bond motifs is 1. The predicted molar refractivity (Wildman–Crippen MR) is 91.0 cm³/mol. The molecule has 9 heteroatoms. The number of imidazole rings is 1. The Morgan fingerprint density at radius 2 is 2.12 bits per heavy atom. The van der Waals surface area contributed by atoms with Gasteiger partial charge in [-0.2, -0.15) is 5.10 Å². The number of aromatic amines is 2. The van der Waals surface area contributed by atoms with E-state index in [-0.39, 0.29) is 17.3 Å². The highest BCUT2D eigenvalue weighted by atomic mass is 16.6. The van der Waals surface area contributed by atoms with Crippen LogP contribution in [0.5, 0.6) is 0 Å². The topological polar surface area (TPSA) is 130 Å². The van der Waals surface area contributed by atoms with Gasteiger partial charge in [0, 0.05) is 0 Å². The molecule has 0 saturated heterocycles. The van der Waals surface area contributed by atoms with Gasteiger partial charge in [0.05, 0.1) is 22.0 Å². The van der Waals surface area contributed by atoms with Crippen LogP contribution in [-0.4, -0.2) is 31.0 Å². The number of carbonyl (C=O) groups is 1. The van der Waals surface area contributed by atoms with E-state index in [1.807, 2.05) is 38.1 Å². The van der Waals surface area contributed by atoms with Crippen molar-refractivity contribution in [1.82, 2.24) is 25.5 Å². The van der Waals surface area contributed by atoms with Gasteiger partial charge < -0.3 is 10.3 Å². The van der Waals surface area contributed by atoms with Crippen molar-refractivity contribution in [1.29, 1.82) is 0 Å². The van der Waals surface area contributed by atoms with Gasteiger partial charge in [-0.25, -0.2) is 4.98 Å². The zero-order chi connectivity index (χ0) is 18.0. The maximum Gasteiger partial charge on any atom is 0.319 e. The number of carbonyl (C=O) groups excluding carboxylic acids is 1. The van der Waals surface area contributed by atoms with Gasteiger partial charge in [-0.3, -0.25) is 20.0 Å². The van der Waals surface area contributed by atoms with Crippen LogP contribution in [0, 0.1) is 16.0 Å². The van der Waals surface area contributed by atoms with E-state index in [1.165, 1.54) is 0 Å². The highest BCUT2D eigenvalue weighted by Crippen LogP contribution is 2.23. The van der Waals surface area contributed by atoms with E-state index in [9.17, 15) is 14.9 Å². The molecule has 2 heterocycles. The van der Waals surface area contributed by atoms with Crippen LogP contribution >= 0.6 is 0 Å². The molecule has 130 valence electrons. The first kappa shape index (κ1) is 16.6. The first-order valence-electron chi connectivity index (χ1n) is 7.89. The van der Waals surface area contributed by atoms with Crippen LogP contribution in [0.2, 0.25) is 0 Å². The molecule has 0 bridgehead atoms. The molecule has 3 aromatic rings. The second kappa shape index (κ2) is 6.71. The second-order valence-electron chi connectivity index (χ2n) is 6.18. The van der Waals surface area contributed by atoms with E-state index in [4.69, 9.17) is 0 Å². The summed E-state index contributed by atoms with van der Waals surface area (Å²) in [5.41, 5.74) is 1.14. The standard InChI is InChI=1S/C16H18N6O3/c1-9(2)7-12(15-18-10-5-3-4-6-11(10)19-15)20-16(23)14-13(22(24)25)8-17-21-14/h3-6,8-9,12H,7H2,1-2H3,(H,17,21)(H,18,19)(H,20,23)/t12-/m1/s1. The lowest BCUT2D eigenvalue weighted by molar-refractivity contribution is -0.385. The Balaban J connectivity index is 1.89. The maximum atomic E-state index is 12.5. The Morgan fingerprint density at radius 1 is 1.36 bits per heavy atom. The molecule has 3 N–H and O–H groups in total. The SMILES string of the molecule is CC(C)C[C@@H](NC(=O)c1[nH]ncc1[N+](=O)[O-])c1nc2ccccc2[nH]1. The molecule has 0 saturated carbocycles. The molecular weight excluding hydrogens is 324 g/mol. The molecule has 0 aliphatic heterocycles. The largest absolute Gasteiger partial charge is 0.341 e. The molecule has 9 nitrogen and oxygen atoms in total. The van der Waals surface area contributed by atoms with Gasteiger partial charge in [0.15, 0.2) is 0 Å². The molecule has 1 atom stereocenters. The number of benzene rings is 1. The summed E-state index contributed by atoms with van der Waals surface area (Å²) in [6.45, 7) is 4.06. The van der Waals surface area contributed by atoms with Crippen LogP contribution in [0.1, 0.15) is 42.6 Å². The number of nitrogens with zero attached hydrogens (tertiary/aromatic N) is 3. The molecule has 0 radical (unpaired) electrons. The zero-order valence-electron chi connectivity index (χ0n) is 13.8. The molecule has 25 heavy (non-hydrogen) atoms. The summed E-state index contributed by atoms with van der Waals surface area (Å²) in [5.74, 6) is 0.316. The van der Waals surface area contributed by atoms with Gasteiger partial charge in [0.25, 0.3) is 5.91 Å². The molecule has 0 unspecified atom stereocenters. The fourth-order valence-corrected chi connectivity index (χ4v) is 2.66. The smallest absolute Gasteiger partial charge is 0.319 e.